The second kappa shape index (κ2) is 6.71. The van der Waals surface area contributed by atoms with Gasteiger partial charge in [0.2, 0.25) is 0 Å². The summed E-state index contributed by atoms with van der Waals surface area (Å²) in [5.74, 6) is -0.211. The summed E-state index contributed by atoms with van der Waals surface area (Å²) >= 11 is 6.01. The molecule has 0 aliphatic carbocycles. The molecule has 114 valence electrons. The number of para-hydroxylation sites is 1. The summed E-state index contributed by atoms with van der Waals surface area (Å²) in [6.07, 6.45) is 0. The van der Waals surface area contributed by atoms with Gasteiger partial charge < -0.3 is 9.63 Å². The van der Waals surface area contributed by atoms with Crippen molar-refractivity contribution >= 4 is 30.6 Å². The second-order valence-corrected chi connectivity index (χ2v) is 6.60. The molecule has 2 aromatic rings. The lowest BCUT2D eigenvalue weighted by atomic mass is 10.2. The van der Waals surface area contributed by atoms with E-state index < -0.39 is 7.67 Å². The van der Waals surface area contributed by atoms with Crippen LogP contribution in [0, 0.1) is 11.3 Å². The van der Waals surface area contributed by atoms with Crippen LogP contribution in [0.3, 0.4) is 0 Å². The molecule has 0 aliphatic heterocycles. The maximum Gasteiger partial charge on any atom is 0.391 e. The minimum atomic E-state index is -3.55. The Morgan fingerprint density at radius 1 is 1.23 bits per heavy atom. The number of rotatable bonds is 5. The van der Waals surface area contributed by atoms with Gasteiger partial charge in [-0.05, 0) is 30.3 Å². The van der Waals surface area contributed by atoms with Crippen molar-refractivity contribution in [1.29, 1.82) is 5.26 Å². The fourth-order valence-electron chi connectivity index (χ4n) is 1.68. The molecule has 0 spiro atoms. The molecule has 2 rings (SSSR count). The molecule has 3 N–H and O–H groups in total. The highest BCUT2D eigenvalue weighted by molar-refractivity contribution is 7.62. The zero-order valence-corrected chi connectivity index (χ0v) is 13.2. The molecule has 0 aromatic heterocycles. The molecule has 8 heteroatoms. The van der Waals surface area contributed by atoms with Gasteiger partial charge in [-0.2, -0.15) is 5.26 Å². The predicted molar refractivity (Wildman–Crippen MR) is 86.1 cm³/mol. The maximum absolute atomic E-state index is 12.7. The van der Waals surface area contributed by atoms with Crippen LogP contribution in [0.5, 0.6) is 5.75 Å². The van der Waals surface area contributed by atoms with Gasteiger partial charge in [0.1, 0.15) is 5.75 Å². The van der Waals surface area contributed by atoms with Crippen LogP contribution in [-0.4, -0.2) is 12.2 Å². The summed E-state index contributed by atoms with van der Waals surface area (Å²) in [7, 11) is -2.29. The second-order valence-electron chi connectivity index (χ2n) is 4.28. The SMILES string of the molecule is COP(=O)(Nc1ccc(C#N)cc1O)Nc1ccccc1Cl. The van der Waals surface area contributed by atoms with Crippen molar-refractivity contribution in [2.75, 3.05) is 17.3 Å². The summed E-state index contributed by atoms with van der Waals surface area (Å²) in [5, 5.41) is 24.3. The summed E-state index contributed by atoms with van der Waals surface area (Å²) < 4.78 is 17.7. The molecule has 1 atom stereocenters. The highest BCUT2D eigenvalue weighted by Crippen LogP contribution is 2.48. The molecule has 6 nitrogen and oxygen atoms in total. The van der Waals surface area contributed by atoms with Crippen molar-refractivity contribution < 1.29 is 14.2 Å². The molecule has 1 unspecified atom stereocenters. The van der Waals surface area contributed by atoms with Gasteiger partial charge in [-0.15, -0.1) is 0 Å². The quantitative estimate of drug-likeness (QED) is 0.559. The first kappa shape index (κ1) is 16.2. The molecule has 0 amide bonds. The summed E-state index contributed by atoms with van der Waals surface area (Å²) in [5.41, 5.74) is 0.882. The maximum atomic E-state index is 12.7. The molecule has 0 saturated carbocycles. The molecular weight excluding hydrogens is 325 g/mol. The number of halogens is 1. The van der Waals surface area contributed by atoms with E-state index in [1.54, 1.807) is 24.3 Å². The number of hydrogen-bond acceptors (Lipinski definition) is 4. The van der Waals surface area contributed by atoms with Gasteiger partial charge >= 0.3 is 7.67 Å². The number of hydrogen-bond donors (Lipinski definition) is 3. The normalized spacial score (nSPS) is 13.0. The van der Waals surface area contributed by atoms with Crippen molar-refractivity contribution in [1.82, 2.24) is 0 Å². The van der Waals surface area contributed by atoms with E-state index in [0.29, 0.717) is 10.7 Å². The number of nitriles is 1. The van der Waals surface area contributed by atoms with Crippen LogP contribution in [0.15, 0.2) is 42.5 Å². The number of aromatic hydroxyl groups is 1. The Morgan fingerprint density at radius 2 is 1.91 bits per heavy atom. The Kier molecular flexibility index (Phi) is 4.94. The lowest BCUT2D eigenvalue weighted by Gasteiger charge is -2.21. The largest absolute Gasteiger partial charge is 0.506 e. The molecule has 0 heterocycles. The highest BCUT2D eigenvalue weighted by Gasteiger charge is 2.24. The summed E-state index contributed by atoms with van der Waals surface area (Å²) in [6.45, 7) is 0. The van der Waals surface area contributed by atoms with Gasteiger partial charge in [0.15, 0.2) is 0 Å². The minimum absolute atomic E-state index is 0.170. The third kappa shape index (κ3) is 3.71. The van der Waals surface area contributed by atoms with Crippen molar-refractivity contribution in [3.05, 3.63) is 53.1 Å². The highest BCUT2D eigenvalue weighted by atomic mass is 35.5. The Bertz CT molecular complexity index is 776. The smallest absolute Gasteiger partial charge is 0.391 e. The third-order valence-electron chi connectivity index (χ3n) is 2.79. The molecule has 22 heavy (non-hydrogen) atoms. The lowest BCUT2D eigenvalue weighted by molar-refractivity contribution is 0.402. The van der Waals surface area contributed by atoms with Gasteiger partial charge in [0, 0.05) is 7.11 Å². The van der Waals surface area contributed by atoms with E-state index in [2.05, 4.69) is 10.2 Å². The monoisotopic (exact) mass is 337 g/mol. The predicted octanol–water partition coefficient (Wildman–Crippen LogP) is 4.20. The van der Waals surface area contributed by atoms with E-state index in [4.69, 9.17) is 21.4 Å². The Balaban J connectivity index is 2.26. The van der Waals surface area contributed by atoms with E-state index in [1.165, 1.54) is 25.3 Å². The number of phenols is 1. The molecule has 0 aliphatic rings. The molecule has 0 saturated heterocycles. The van der Waals surface area contributed by atoms with Crippen LogP contribution < -0.4 is 10.2 Å². The summed E-state index contributed by atoms with van der Waals surface area (Å²) in [6, 6.07) is 12.8. The van der Waals surface area contributed by atoms with Crippen molar-refractivity contribution in [3.63, 3.8) is 0 Å². The van der Waals surface area contributed by atoms with Crippen molar-refractivity contribution in [3.8, 4) is 11.8 Å². The number of benzene rings is 2. The van der Waals surface area contributed by atoms with Gasteiger partial charge in [0.25, 0.3) is 0 Å². The van der Waals surface area contributed by atoms with E-state index in [9.17, 15) is 9.67 Å². The van der Waals surface area contributed by atoms with Crippen molar-refractivity contribution in [2.24, 2.45) is 0 Å². The van der Waals surface area contributed by atoms with Crippen LogP contribution >= 0.6 is 19.3 Å². The molecule has 0 radical (unpaired) electrons. The average Bonchev–Trinajstić information content (AvgIpc) is 2.51. The fraction of sp³-hybridized carbons (Fsp3) is 0.0714. The number of nitrogens with zero attached hydrogens (tertiary/aromatic N) is 1. The van der Waals surface area contributed by atoms with Gasteiger partial charge in [-0.1, -0.05) is 23.7 Å². The van der Waals surface area contributed by atoms with E-state index in [1.807, 2.05) is 6.07 Å². The Hall–Kier alpha value is -2.19. The summed E-state index contributed by atoms with van der Waals surface area (Å²) in [4.78, 5) is 0. The molecule has 0 bridgehead atoms. The molecular formula is C14H13ClN3O3P. The minimum Gasteiger partial charge on any atom is -0.506 e. The standard InChI is InChI=1S/C14H13ClN3O3P/c1-21-22(20,17-12-5-3-2-4-11(12)15)18-13-7-6-10(9-16)8-14(13)19/h2-8,19H,1H3,(H2,17,18,20). The first-order valence-electron chi connectivity index (χ1n) is 6.17. The van der Waals surface area contributed by atoms with Crippen LogP contribution in [0.1, 0.15) is 5.56 Å². The topological polar surface area (TPSA) is 94.4 Å². The first-order valence-corrected chi connectivity index (χ1v) is 8.17. The van der Waals surface area contributed by atoms with Crippen LogP contribution in [0.25, 0.3) is 0 Å². The molecule has 2 aromatic carbocycles. The fourth-order valence-corrected chi connectivity index (χ4v) is 3.19. The van der Waals surface area contributed by atoms with E-state index in [0.717, 1.165) is 0 Å². The van der Waals surface area contributed by atoms with Crippen LogP contribution in [0.4, 0.5) is 11.4 Å². The number of phenolic OH excluding ortho intramolecular Hbond substituents is 1. The Labute approximate surface area is 132 Å². The zero-order chi connectivity index (χ0) is 16.2. The lowest BCUT2D eigenvalue weighted by Crippen LogP contribution is -2.08. The average molecular weight is 338 g/mol. The van der Waals surface area contributed by atoms with Crippen molar-refractivity contribution in [2.45, 2.75) is 0 Å². The van der Waals surface area contributed by atoms with Crippen LogP contribution in [-0.2, 0) is 9.09 Å². The zero-order valence-electron chi connectivity index (χ0n) is 11.6. The third-order valence-corrected chi connectivity index (χ3v) is 4.71. The Morgan fingerprint density at radius 3 is 2.50 bits per heavy atom. The van der Waals surface area contributed by atoms with Gasteiger partial charge in [-0.3, -0.25) is 10.2 Å². The van der Waals surface area contributed by atoms with Gasteiger partial charge in [-0.25, -0.2) is 4.57 Å². The van der Waals surface area contributed by atoms with E-state index in [-0.39, 0.29) is 17.0 Å². The molecule has 0 fully saturated rings. The van der Waals surface area contributed by atoms with Crippen LogP contribution in [0.2, 0.25) is 5.02 Å². The van der Waals surface area contributed by atoms with Gasteiger partial charge in [0.05, 0.1) is 28.0 Å². The number of nitrogens with one attached hydrogen (secondary N) is 2. The first-order chi connectivity index (χ1) is 10.5. The number of anilines is 2. The van der Waals surface area contributed by atoms with E-state index >= 15 is 0 Å².